The molecule has 2 heterocycles. The normalized spacial score (nSPS) is 18.4. The third-order valence-corrected chi connectivity index (χ3v) is 4.59. The molecule has 0 saturated carbocycles. The number of hydrogen-bond acceptors (Lipinski definition) is 3. The van der Waals surface area contributed by atoms with Crippen molar-refractivity contribution in [2.24, 2.45) is 0 Å². The summed E-state index contributed by atoms with van der Waals surface area (Å²) >= 11 is 0. The molecule has 2 aliphatic rings. The Bertz CT molecular complexity index is 562. The molecule has 0 aromatic heterocycles. The number of halogens is 1. The summed E-state index contributed by atoms with van der Waals surface area (Å²) in [6.45, 7) is 4.17. The molecule has 3 rings (SSSR count). The van der Waals surface area contributed by atoms with Gasteiger partial charge in [-0.15, -0.1) is 0 Å². The second-order valence-electron chi connectivity index (χ2n) is 6.11. The number of carbonyl (C=O) groups is 2. The molecule has 23 heavy (non-hydrogen) atoms. The van der Waals surface area contributed by atoms with Crippen molar-refractivity contribution in [3.05, 3.63) is 30.1 Å². The summed E-state index contributed by atoms with van der Waals surface area (Å²) in [5, 5.41) is 0. The van der Waals surface area contributed by atoms with Crippen LogP contribution in [-0.4, -0.2) is 60.9 Å². The third kappa shape index (κ3) is 3.81. The topological polar surface area (TPSA) is 43.9 Å². The lowest BCUT2D eigenvalue weighted by molar-refractivity contribution is -0.140. The average Bonchev–Trinajstić information content (AvgIpc) is 3.10. The highest BCUT2D eigenvalue weighted by atomic mass is 19.1. The number of nitrogens with zero attached hydrogens (tertiary/aromatic N) is 3. The van der Waals surface area contributed by atoms with E-state index in [2.05, 4.69) is 4.90 Å². The first kappa shape index (κ1) is 15.8. The summed E-state index contributed by atoms with van der Waals surface area (Å²) in [7, 11) is 0. The first-order valence-electron chi connectivity index (χ1n) is 8.19. The van der Waals surface area contributed by atoms with Crippen molar-refractivity contribution in [2.45, 2.75) is 19.3 Å². The molecule has 0 radical (unpaired) electrons. The maximum absolute atomic E-state index is 13.0. The summed E-state index contributed by atoms with van der Waals surface area (Å²) in [5.41, 5.74) is 0.964. The van der Waals surface area contributed by atoms with Gasteiger partial charge in [0.2, 0.25) is 11.8 Å². The highest BCUT2D eigenvalue weighted by molar-refractivity contribution is 5.97. The Hall–Kier alpha value is -2.11. The molecular formula is C17H22FN3O2. The minimum atomic E-state index is -0.247. The van der Waals surface area contributed by atoms with Gasteiger partial charge >= 0.3 is 0 Å². The van der Waals surface area contributed by atoms with Gasteiger partial charge in [-0.1, -0.05) is 0 Å². The molecule has 0 atom stereocenters. The van der Waals surface area contributed by atoms with Crippen LogP contribution in [0.15, 0.2) is 24.3 Å². The lowest BCUT2D eigenvalue weighted by Crippen LogP contribution is -2.49. The van der Waals surface area contributed by atoms with Crippen LogP contribution in [0.25, 0.3) is 0 Å². The average molecular weight is 319 g/mol. The second-order valence-corrected chi connectivity index (χ2v) is 6.11. The van der Waals surface area contributed by atoms with Crippen molar-refractivity contribution in [3.8, 4) is 0 Å². The fraction of sp³-hybridized carbons (Fsp3) is 0.529. The van der Waals surface area contributed by atoms with E-state index in [1.165, 1.54) is 12.1 Å². The van der Waals surface area contributed by atoms with Gasteiger partial charge < -0.3 is 14.7 Å². The zero-order valence-electron chi connectivity index (χ0n) is 13.2. The lowest BCUT2D eigenvalue weighted by atomic mass is 10.2. The maximum Gasteiger partial charge on any atom is 0.232 e. The van der Waals surface area contributed by atoms with Crippen LogP contribution >= 0.6 is 0 Å². The number of piperazine rings is 1. The van der Waals surface area contributed by atoms with Crippen molar-refractivity contribution >= 4 is 17.5 Å². The van der Waals surface area contributed by atoms with Gasteiger partial charge in [0.1, 0.15) is 12.2 Å². The Labute approximate surface area is 135 Å². The van der Waals surface area contributed by atoms with Crippen molar-refractivity contribution in [1.82, 2.24) is 9.80 Å². The van der Waals surface area contributed by atoms with Gasteiger partial charge in [-0.05, 0) is 37.1 Å². The summed E-state index contributed by atoms with van der Waals surface area (Å²) in [6.07, 6.45) is 2.06. The zero-order chi connectivity index (χ0) is 16.2. The largest absolute Gasteiger partial charge is 0.368 e. The van der Waals surface area contributed by atoms with Gasteiger partial charge in [0.25, 0.3) is 0 Å². The van der Waals surface area contributed by atoms with Crippen molar-refractivity contribution in [3.63, 3.8) is 0 Å². The van der Waals surface area contributed by atoms with Crippen molar-refractivity contribution < 1.29 is 14.0 Å². The number of carbonyl (C=O) groups excluding carboxylic acids is 2. The number of anilines is 1. The summed E-state index contributed by atoms with van der Waals surface area (Å²) in [5.74, 6) is -0.378. The monoisotopic (exact) mass is 319 g/mol. The maximum atomic E-state index is 13.0. The molecular weight excluding hydrogens is 297 g/mol. The van der Waals surface area contributed by atoms with Crippen molar-refractivity contribution in [2.75, 3.05) is 44.2 Å². The van der Waals surface area contributed by atoms with Crippen LogP contribution in [-0.2, 0) is 9.59 Å². The summed E-state index contributed by atoms with van der Waals surface area (Å²) in [6, 6.07) is 6.40. The Balaban J connectivity index is 1.49. The number of hydrogen-bond donors (Lipinski definition) is 0. The highest BCUT2D eigenvalue weighted by Gasteiger charge is 2.26. The van der Waals surface area contributed by atoms with E-state index in [0.717, 1.165) is 31.6 Å². The summed E-state index contributed by atoms with van der Waals surface area (Å²) < 4.78 is 13.0. The van der Waals surface area contributed by atoms with E-state index in [0.29, 0.717) is 26.2 Å². The molecule has 2 saturated heterocycles. The molecule has 5 nitrogen and oxygen atoms in total. The molecule has 2 aliphatic heterocycles. The van der Waals surface area contributed by atoms with Crippen LogP contribution in [0.1, 0.15) is 19.3 Å². The van der Waals surface area contributed by atoms with E-state index in [4.69, 9.17) is 0 Å². The molecule has 124 valence electrons. The number of likely N-dealkylation sites (tertiary alicyclic amines) is 1. The van der Waals surface area contributed by atoms with Crippen molar-refractivity contribution in [1.29, 1.82) is 0 Å². The molecule has 0 N–H and O–H groups in total. The van der Waals surface area contributed by atoms with Crippen LogP contribution in [0.5, 0.6) is 0 Å². The molecule has 6 heteroatoms. The predicted octanol–water partition coefficient (Wildman–Crippen LogP) is 1.49. The second kappa shape index (κ2) is 6.98. The van der Waals surface area contributed by atoms with Crippen LogP contribution in [0.3, 0.4) is 0 Å². The lowest BCUT2D eigenvalue weighted by Gasteiger charge is -2.36. The molecule has 0 spiro atoms. The van der Waals surface area contributed by atoms with Crippen LogP contribution in [0, 0.1) is 5.82 Å². The molecule has 0 aliphatic carbocycles. The van der Waals surface area contributed by atoms with Gasteiger partial charge in [0, 0.05) is 45.0 Å². The van der Waals surface area contributed by atoms with E-state index in [-0.39, 0.29) is 24.1 Å². The quantitative estimate of drug-likeness (QED) is 0.793. The van der Waals surface area contributed by atoms with Gasteiger partial charge in [0.05, 0.1) is 0 Å². The SMILES string of the molecule is O=C(CC(=O)N1CCN(c2ccc(F)cc2)CC1)N1CCCC1. The van der Waals surface area contributed by atoms with E-state index < -0.39 is 0 Å². The van der Waals surface area contributed by atoms with Crippen LogP contribution in [0.2, 0.25) is 0 Å². The standard InChI is InChI=1S/C17H22FN3O2/c18-14-3-5-15(6-4-14)19-9-11-21(12-10-19)17(23)13-16(22)20-7-1-2-8-20/h3-6H,1-2,7-13H2. The van der Waals surface area contributed by atoms with Gasteiger partial charge in [-0.25, -0.2) is 4.39 Å². The third-order valence-electron chi connectivity index (χ3n) is 4.59. The Morgan fingerprint density at radius 3 is 1.91 bits per heavy atom. The number of amides is 2. The molecule has 1 aromatic carbocycles. The Morgan fingerprint density at radius 2 is 1.35 bits per heavy atom. The molecule has 1 aromatic rings. The number of rotatable bonds is 3. The Morgan fingerprint density at radius 1 is 0.826 bits per heavy atom. The summed E-state index contributed by atoms with van der Waals surface area (Å²) in [4.78, 5) is 30.0. The van der Waals surface area contributed by atoms with E-state index >= 15 is 0 Å². The fourth-order valence-electron chi connectivity index (χ4n) is 3.19. The minimum absolute atomic E-state index is 0.0173. The predicted molar refractivity (Wildman–Crippen MR) is 85.6 cm³/mol. The van der Waals surface area contributed by atoms with Gasteiger partial charge in [-0.3, -0.25) is 9.59 Å². The number of benzene rings is 1. The van der Waals surface area contributed by atoms with Crippen LogP contribution < -0.4 is 4.90 Å². The zero-order valence-corrected chi connectivity index (χ0v) is 13.2. The first-order valence-corrected chi connectivity index (χ1v) is 8.19. The fourth-order valence-corrected chi connectivity index (χ4v) is 3.19. The minimum Gasteiger partial charge on any atom is -0.368 e. The van der Waals surface area contributed by atoms with E-state index in [1.54, 1.807) is 21.9 Å². The van der Waals surface area contributed by atoms with Crippen LogP contribution in [0.4, 0.5) is 10.1 Å². The molecule has 2 amide bonds. The molecule has 0 bridgehead atoms. The first-order chi connectivity index (χ1) is 11.1. The van der Waals surface area contributed by atoms with E-state index in [9.17, 15) is 14.0 Å². The molecule has 0 unspecified atom stereocenters. The van der Waals surface area contributed by atoms with Gasteiger partial charge in [0.15, 0.2) is 0 Å². The van der Waals surface area contributed by atoms with E-state index in [1.807, 2.05) is 0 Å². The molecule has 2 fully saturated rings. The smallest absolute Gasteiger partial charge is 0.232 e. The van der Waals surface area contributed by atoms with Gasteiger partial charge in [-0.2, -0.15) is 0 Å². The highest BCUT2D eigenvalue weighted by Crippen LogP contribution is 2.17. The Kier molecular flexibility index (Phi) is 4.79.